The average Bonchev–Trinajstić information content (AvgIpc) is 3.08. The third kappa shape index (κ3) is 3.58. The first-order valence-electron chi connectivity index (χ1n) is 5.53. The van der Waals surface area contributed by atoms with Crippen LogP contribution in [0, 0.1) is 0 Å². The molecule has 0 fully saturated rings. The van der Waals surface area contributed by atoms with Crippen LogP contribution in [0.25, 0.3) is 10.8 Å². The second-order valence-electron chi connectivity index (χ2n) is 3.59. The molecular weight excluding hydrogens is 302 g/mol. The number of alkyl carbamates (subject to hydrolysis) is 1. The minimum atomic E-state index is -0.799. The standard InChI is InChI=1S/C11H11N3O4S2/c1-6(8(15)12-10(16)17-2)20-11-14-13-9(18-11)7-4-3-5-19-7/h3-6H,1-2H3,(H,12,15,16)/t6-/m1/s1. The second-order valence-corrected chi connectivity index (χ2v) is 5.83. The summed E-state index contributed by atoms with van der Waals surface area (Å²) in [6, 6.07) is 3.74. The predicted molar refractivity (Wildman–Crippen MR) is 73.5 cm³/mol. The minimum absolute atomic E-state index is 0.265. The Kier molecular flexibility index (Phi) is 4.74. The quantitative estimate of drug-likeness (QED) is 0.864. The van der Waals surface area contributed by atoms with E-state index in [1.165, 1.54) is 18.4 Å². The molecule has 7 nitrogen and oxygen atoms in total. The van der Waals surface area contributed by atoms with E-state index in [4.69, 9.17) is 4.42 Å². The van der Waals surface area contributed by atoms with Crippen molar-refractivity contribution < 1.29 is 18.7 Å². The van der Waals surface area contributed by atoms with Crippen LogP contribution in [-0.2, 0) is 9.53 Å². The van der Waals surface area contributed by atoms with Crippen LogP contribution in [0.3, 0.4) is 0 Å². The maximum absolute atomic E-state index is 11.6. The lowest BCUT2D eigenvalue weighted by Crippen LogP contribution is -2.35. The molecule has 0 bridgehead atoms. The number of aromatic nitrogens is 2. The molecule has 2 amide bonds. The summed E-state index contributed by atoms with van der Waals surface area (Å²) >= 11 is 2.55. The molecule has 0 aliphatic rings. The molecule has 106 valence electrons. The Bertz CT molecular complexity index is 597. The maximum atomic E-state index is 11.6. The van der Waals surface area contributed by atoms with Crippen LogP contribution < -0.4 is 5.32 Å². The van der Waals surface area contributed by atoms with E-state index < -0.39 is 17.3 Å². The number of ether oxygens (including phenoxy) is 1. The van der Waals surface area contributed by atoms with Crippen molar-refractivity contribution in [3.05, 3.63) is 17.5 Å². The number of carbonyl (C=O) groups excluding carboxylic acids is 2. The monoisotopic (exact) mass is 313 g/mol. The van der Waals surface area contributed by atoms with Crippen molar-refractivity contribution >= 4 is 35.1 Å². The molecule has 0 spiro atoms. The van der Waals surface area contributed by atoms with Gasteiger partial charge in [0.2, 0.25) is 5.91 Å². The number of amides is 2. The predicted octanol–water partition coefficient (Wildman–Crippen LogP) is 2.16. The highest BCUT2D eigenvalue weighted by atomic mass is 32.2. The lowest BCUT2D eigenvalue weighted by Gasteiger charge is -2.07. The molecule has 2 aromatic rings. The molecule has 1 atom stereocenters. The van der Waals surface area contributed by atoms with E-state index in [0.717, 1.165) is 16.6 Å². The van der Waals surface area contributed by atoms with E-state index in [0.29, 0.717) is 5.89 Å². The minimum Gasteiger partial charge on any atom is -0.453 e. The van der Waals surface area contributed by atoms with Gasteiger partial charge in [0.1, 0.15) is 0 Å². The van der Waals surface area contributed by atoms with Crippen LogP contribution in [0.2, 0.25) is 0 Å². The normalized spacial score (nSPS) is 11.9. The van der Waals surface area contributed by atoms with Gasteiger partial charge >= 0.3 is 6.09 Å². The summed E-state index contributed by atoms with van der Waals surface area (Å²) < 4.78 is 9.78. The summed E-state index contributed by atoms with van der Waals surface area (Å²) in [5.41, 5.74) is 0. The molecule has 0 radical (unpaired) electrons. The molecule has 0 saturated carbocycles. The molecular formula is C11H11N3O4S2. The average molecular weight is 313 g/mol. The van der Waals surface area contributed by atoms with Gasteiger partial charge in [0.15, 0.2) is 0 Å². The topological polar surface area (TPSA) is 94.3 Å². The summed E-state index contributed by atoms with van der Waals surface area (Å²) in [6.07, 6.45) is -0.799. The highest BCUT2D eigenvalue weighted by Crippen LogP contribution is 2.28. The maximum Gasteiger partial charge on any atom is 0.413 e. The number of hydrogen-bond donors (Lipinski definition) is 1. The Morgan fingerprint density at radius 3 is 2.95 bits per heavy atom. The molecule has 0 unspecified atom stereocenters. The number of nitrogens with zero attached hydrogens (tertiary/aromatic N) is 2. The largest absolute Gasteiger partial charge is 0.453 e. The van der Waals surface area contributed by atoms with Crippen molar-refractivity contribution in [1.29, 1.82) is 0 Å². The molecule has 20 heavy (non-hydrogen) atoms. The Balaban J connectivity index is 1.96. The fourth-order valence-electron chi connectivity index (χ4n) is 1.22. The zero-order valence-corrected chi connectivity index (χ0v) is 12.3. The summed E-state index contributed by atoms with van der Waals surface area (Å²) in [5, 5.41) is 11.4. The summed E-state index contributed by atoms with van der Waals surface area (Å²) in [7, 11) is 1.19. The molecule has 0 aliphatic carbocycles. The first kappa shape index (κ1) is 14.5. The van der Waals surface area contributed by atoms with Gasteiger partial charge in [-0.2, -0.15) is 0 Å². The van der Waals surface area contributed by atoms with E-state index in [9.17, 15) is 9.59 Å². The Morgan fingerprint density at radius 1 is 1.50 bits per heavy atom. The van der Waals surface area contributed by atoms with Crippen LogP contribution >= 0.6 is 23.1 Å². The summed E-state index contributed by atoms with van der Waals surface area (Å²) in [5.74, 6) is -0.0826. The van der Waals surface area contributed by atoms with Gasteiger partial charge in [-0.25, -0.2) is 4.79 Å². The Hall–Kier alpha value is -1.87. The molecule has 1 N–H and O–H groups in total. The van der Waals surface area contributed by atoms with E-state index >= 15 is 0 Å². The van der Waals surface area contributed by atoms with Gasteiger partial charge in [-0.15, -0.1) is 21.5 Å². The van der Waals surface area contributed by atoms with Crippen molar-refractivity contribution in [2.75, 3.05) is 7.11 Å². The number of thioether (sulfide) groups is 1. The molecule has 2 heterocycles. The molecule has 9 heteroatoms. The first-order valence-corrected chi connectivity index (χ1v) is 7.29. The highest BCUT2D eigenvalue weighted by molar-refractivity contribution is 8.00. The van der Waals surface area contributed by atoms with Crippen LogP contribution in [0.15, 0.2) is 27.2 Å². The number of thiophene rings is 1. The van der Waals surface area contributed by atoms with Gasteiger partial charge in [0, 0.05) is 0 Å². The Morgan fingerprint density at radius 2 is 2.30 bits per heavy atom. The number of methoxy groups -OCH3 is 1. The number of hydrogen-bond acceptors (Lipinski definition) is 8. The Labute approximate surface area is 122 Å². The van der Waals surface area contributed by atoms with Crippen molar-refractivity contribution in [2.24, 2.45) is 0 Å². The number of carbonyl (C=O) groups is 2. The molecule has 2 rings (SSSR count). The van der Waals surface area contributed by atoms with Gasteiger partial charge in [-0.05, 0) is 18.4 Å². The van der Waals surface area contributed by atoms with Crippen LogP contribution in [-0.4, -0.2) is 34.6 Å². The van der Waals surface area contributed by atoms with E-state index in [1.807, 2.05) is 17.5 Å². The third-order valence-electron chi connectivity index (χ3n) is 2.20. The van der Waals surface area contributed by atoms with Gasteiger partial charge in [-0.1, -0.05) is 17.8 Å². The summed E-state index contributed by atoms with van der Waals surface area (Å²) in [4.78, 5) is 23.4. The SMILES string of the molecule is COC(=O)NC(=O)[C@@H](C)Sc1nnc(-c2cccs2)o1. The molecule has 2 aromatic heterocycles. The van der Waals surface area contributed by atoms with E-state index in [-0.39, 0.29) is 5.22 Å². The molecule has 0 aromatic carbocycles. The van der Waals surface area contributed by atoms with Crippen molar-refractivity contribution in [3.63, 3.8) is 0 Å². The third-order valence-corrected chi connectivity index (χ3v) is 3.99. The molecule has 0 aliphatic heterocycles. The summed E-state index contributed by atoms with van der Waals surface area (Å²) in [6.45, 7) is 1.62. The van der Waals surface area contributed by atoms with Crippen molar-refractivity contribution in [3.8, 4) is 10.8 Å². The molecule has 0 saturated heterocycles. The zero-order valence-electron chi connectivity index (χ0n) is 10.7. The van der Waals surface area contributed by atoms with Crippen LogP contribution in [0.1, 0.15) is 6.92 Å². The number of imide groups is 1. The highest BCUT2D eigenvalue weighted by Gasteiger charge is 2.20. The smallest absolute Gasteiger partial charge is 0.413 e. The van der Waals surface area contributed by atoms with Crippen molar-refractivity contribution in [1.82, 2.24) is 15.5 Å². The lowest BCUT2D eigenvalue weighted by molar-refractivity contribution is -0.119. The first-order chi connectivity index (χ1) is 9.60. The van der Waals surface area contributed by atoms with Crippen molar-refractivity contribution in [2.45, 2.75) is 17.4 Å². The second kappa shape index (κ2) is 6.53. The number of nitrogens with one attached hydrogen (secondary N) is 1. The lowest BCUT2D eigenvalue weighted by atomic mass is 10.4. The van der Waals surface area contributed by atoms with Gasteiger partial charge in [-0.3, -0.25) is 10.1 Å². The van der Waals surface area contributed by atoms with Crippen LogP contribution in [0.4, 0.5) is 4.79 Å². The van der Waals surface area contributed by atoms with E-state index in [1.54, 1.807) is 6.92 Å². The van der Waals surface area contributed by atoms with E-state index in [2.05, 4.69) is 20.3 Å². The fourth-order valence-corrected chi connectivity index (χ4v) is 2.54. The number of rotatable bonds is 4. The van der Waals surface area contributed by atoms with Gasteiger partial charge in [0.25, 0.3) is 11.1 Å². The fraction of sp³-hybridized carbons (Fsp3) is 0.273. The van der Waals surface area contributed by atoms with Gasteiger partial charge < -0.3 is 9.15 Å². The zero-order chi connectivity index (χ0) is 14.5. The van der Waals surface area contributed by atoms with Crippen LogP contribution in [0.5, 0.6) is 0 Å². The van der Waals surface area contributed by atoms with Gasteiger partial charge in [0.05, 0.1) is 17.2 Å².